The summed E-state index contributed by atoms with van der Waals surface area (Å²) in [4.78, 5) is 31.0. The molecule has 1 N–H and O–H groups in total. The first-order chi connectivity index (χ1) is 20.5. The van der Waals surface area contributed by atoms with E-state index < -0.39 is 23.8 Å². The normalized spacial score (nSPS) is 14.6. The summed E-state index contributed by atoms with van der Waals surface area (Å²) in [5, 5.41) is 11.1. The van der Waals surface area contributed by atoms with Crippen LogP contribution in [0.15, 0.2) is 60.8 Å². The standard InChI is InChI=1S/C34H41ClN2O6/c1-34(2,3)43-33(40)37(22-29(38)26-15-17-31(35)36-21-26)19-18-23-10-12-24(13-11-23)25-14-16-28(32(39)41-4)30(20-25)42-27-8-6-5-7-9-27/h10-17,20-21,27,29,38H,5-9,18-19,22H2,1-4H3/t29-/m0/s1. The van der Waals surface area contributed by atoms with Crippen molar-refractivity contribution in [2.45, 2.75) is 77.1 Å². The van der Waals surface area contributed by atoms with E-state index in [1.54, 1.807) is 18.2 Å². The SMILES string of the molecule is COC(=O)c1ccc(-c2ccc(CCN(C[C@H](O)c3ccc(Cl)nc3)C(=O)OC(C)(C)C)cc2)cc1OC1CCCCC1. The van der Waals surface area contributed by atoms with Crippen molar-refractivity contribution in [3.63, 3.8) is 0 Å². The first-order valence-corrected chi connectivity index (χ1v) is 15.2. The van der Waals surface area contributed by atoms with E-state index in [1.807, 2.05) is 57.2 Å². The van der Waals surface area contributed by atoms with Gasteiger partial charge >= 0.3 is 12.1 Å². The summed E-state index contributed by atoms with van der Waals surface area (Å²) in [6.45, 7) is 5.83. The highest BCUT2D eigenvalue weighted by molar-refractivity contribution is 6.29. The molecule has 9 heteroatoms. The fraction of sp³-hybridized carbons (Fsp3) is 0.441. The fourth-order valence-electron chi connectivity index (χ4n) is 5.05. The molecular formula is C34H41ClN2O6. The predicted octanol–water partition coefficient (Wildman–Crippen LogP) is 7.41. The van der Waals surface area contributed by atoms with Crippen LogP contribution < -0.4 is 4.74 Å². The molecule has 0 bridgehead atoms. The van der Waals surface area contributed by atoms with Gasteiger partial charge in [-0.1, -0.05) is 54.4 Å². The van der Waals surface area contributed by atoms with Crippen molar-refractivity contribution in [2.75, 3.05) is 20.2 Å². The van der Waals surface area contributed by atoms with Gasteiger partial charge in [-0.05, 0) is 87.8 Å². The van der Waals surface area contributed by atoms with E-state index in [0.29, 0.717) is 35.0 Å². The van der Waals surface area contributed by atoms with Crippen LogP contribution in [0.5, 0.6) is 5.75 Å². The number of rotatable bonds is 10. The van der Waals surface area contributed by atoms with E-state index in [9.17, 15) is 14.7 Å². The number of ether oxygens (including phenoxy) is 3. The average molecular weight is 609 g/mol. The number of carbonyl (C=O) groups excluding carboxylic acids is 2. The number of amides is 1. The van der Waals surface area contributed by atoms with E-state index in [4.69, 9.17) is 25.8 Å². The van der Waals surface area contributed by atoms with Crippen LogP contribution >= 0.6 is 11.6 Å². The lowest BCUT2D eigenvalue weighted by atomic mass is 9.97. The molecule has 43 heavy (non-hydrogen) atoms. The molecule has 0 spiro atoms. The Hall–Kier alpha value is -3.62. The van der Waals surface area contributed by atoms with Crippen LogP contribution in [0.3, 0.4) is 0 Å². The largest absolute Gasteiger partial charge is 0.490 e. The van der Waals surface area contributed by atoms with E-state index in [0.717, 1.165) is 42.4 Å². The van der Waals surface area contributed by atoms with Gasteiger partial charge in [-0.15, -0.1) is 0 Å². The van der Waals surface area contributed by atoms with Crippen LogP contribution in [0, 0.1) is 0 Å². The highest BCUT2D eigenvalue weighted by atomic mass is 35.5. The van der Waals surface area contributed by atoms with Gasteiger partial charge in [-0.25, -0.2) is 14.6 Å². The maximum atomic E-state index is 13.0. The summed E-state index contributed by atoms with van der Waals surface area (Å²) in [6, 6.07) is 16.9. The smallest absolute Gasteiger partial charge is 0.410 e. The number of pyridine rings is 1. The Morgan fingerprint density at radius 1 is 1.02 bits per heavy atom. The van der Waals surface area contributed by atoms with Gasteiger partial charge in [0, 0.05) is 18.3 Å². The van der Waals surface area contributed by atoms with E-state index >= 15 is 0 Å². The molecule has 1 saturated carbocycles. The molecule has 2 aromatic carbocycles. The molecule has 0 aliphatic heterocycles. The lowest BCUT2D eigenvalue weighted by molar-refractivity contribution is 0.0146. The molecular weight excluding hydrogens is 568 g/mol. The number of hydrogen-bond acceptors (Lipinski definition) is 7. The van der Waals surface area contributed by atoms with Crippen LogP contribution in [0.25, 0.3) is 11.1 Å². The molecule has 1 amide bonds. The van der Waals surface area contributed by atoms with Crippen LogP contribution in [0.2, 0.25) is 5.15 Å². The number of benzene rings is 2. The molecule has 1 fully saturated rings. The molecule has 0 radical (unpaired) electrons. The zero-order valence-corrected chi connectivity index (χ0v) is 26.1. The van der Waals surface area contributed by atoms with E-state index in [1.165, 1.54) is 24.6 Å². The second kappa shape index (κ2) is 14.7. The van der Waals surface area contributed by atoms with Gasteiger partial charge in [0.25, 0.3) is 0 Å². The lowest BCUT2D eigenvalue weighted by Gasteiger charge is -2.29. The number of aromatic nitrogens is 1. The molecule has 1 aliphatic rings. The summed E-state index contributed by atoms with van der Waals surface area (Å²) in [5.74, 6) is 0.127. The zero-order valence-electron chi connectivity index (χ0n) is 25.3. The van der Waals surface area contributed by atoms with Gasteiger partial charge in [0.2, 0.25) is 0 Å². The number of methoxy groups -OCH3 is 1. The van der Waals surface area contributed by atoms with Gasteiger partial charge in [-0.2, -0.15) is 0 Å². The van der Waals surface area contributed by atoms with Crippen LogP contribution in [0.4, 0.5) is 4.79 Å². The first kappa shape index (κ1) is 32.3. The quantitative estimate of drug-likeness (QED) is 0.189. The molecule has 1 heterocycles. The van der Waals surface area contributed by atoms with Gasteiger partial charge in [0.1, 0.15) is 22.1 Å². The monoisotopic (exact) mass is 608 g/mol. The number of aliphatic hydroxyl groups is 1. The van der Waals surface area contributed by atoms with Crippen LogP contribution in [0.1, 0.15) is 80.5 Å². The average Bonchev–Trinajstić information content (AvgIpc) is 2.99. The molecule has 230 valence electrons. The first-order valence-electron chi connectivity index (χ1n) is 14.8. The minimum Gasteiger partial charge on any atom is -0.490 e. The third-order valence-corrected chi connectivity index (χ3v) is 7.59. The summed E-state index contributed by atoms with van der Waals surface area (Å²) in [6.07, 6.45) is 6.14. The molecule has 3 aromatic rings. The second-order valence-electron chi connectivity index (χ2n) is 11.9. The molecule has 0 unspecified atom stereocenters. The number of aliphatic hydroxyl groups excluding tert-OH is 1. The fourth-order valence-corrected chi connectivity index (χ4v) is 5.16. The highest BCUT2D eigenvalue weighted by Crippen LogP contribution is 2.31. The minimum absolute atomic E-state index is 0.0482. The number of hydrogen-bond donors (Lipinski definition) is 1. The molecule has 8 nitrogen and oxygen atoms in total. The Balaban J connectivity index is 1.47. The Kier molecular flexibility index (Phi) is 11.0. The van der Waals surface area contributed by atoms with Gasteiger partial charge in [-0.3, -0.25) is 0 Å². The molecule has 4 rings (SSSR count). The topological polar surface area (TPSA) is 98.2 Å². The summed E-state index contributed by atoms with van der Waals surface area (Å²) < 4.78 is 16.9. The van der Waals surface area contributed by atoms with Crippen LogP contribution in [-0.2, 0) is 15.9 Å². The van der Waals surface area contributed by atoms with Crippen molar-refractivity contribution in [2.24, 2.45) is 0 Å². The number of nitrogens with zero attached hydrogens (tertiary/aromatic N) is 2. The lowest BCUT2D eigenvalue weighted by Crippen LogP contribution is -2.40. The van der Waals surface area contributed by atoms with Gasteiger partial charge in [0.15, 0.2) is 0 Å². The van der Waals surface area contributed by atoms with Gasteiger partial charge in [0.05, 0.1) is 25.9 Å². The molecule has 1 aliphatic carbocycles. The maximum Gasteiger partial charge on any atom is 0.410 e. The summed E-state index contributed by atoms with van der Waals surface area (Å²) in [7, 11) is 1.37. The van der Waals surface area contributed by atoms with Crippen molar-refractivity contribution < 1.29 is 28.9 Å². The number of carbonyl (C=O) groups is 2. The second-order valence-corrected chi connectivity index (χ2v) is 12.3. The van der Waals surface area contributed by atoms with Crippen molar-refractivity contribution in [1.29, 1.82) is 0 Å². The Morgan fingerprint density at radius 2 is 1.72 bits per heavy atom. The third-order valence-electron chi connectivity index (χ3n) is 7.37. The Morgan fingerprint density at radius 3 is 2.35 bits per heavy atom. The van der Waals surface area contributed by atoms with Gasteiger partial charge < -0.3 is 24.2 Å². The summed E-state index contributed by atoms with van der Waals surface area (Å²) in [5.41, 5.74) is 3.24. The highest BCUT2D eigenvalue weighted by Gasteiger charge is 2.25. The number of esters is 1. The molecule has 1 atom stereocenters. The number of halogens is 1. The predicted molar refractivity (Wildman–Crippen MR) is 166 cm³/mol. The van der Waals surface area contributed by atoms with E-state index in [2.05, 4.69) is 4.98 Å². The Labute approximate surface area is 258 Å². The maximum absolute atomic E-state index is 13.0. The summed E-state index contributed by atoms with van der Waals surface area (Å²) >= 11 is 5.88. The molecule has 1 aromatic heterocycles. The third kappa shape index (κ3) is 9.43. The van der Waals surface area contributed by atoms with E-state index in [-0.39, 0.29) is 12.6 Å². The zero-order chi connectivity index (χ0) is 31.0. The molecule has 0 saturated heterocycles. The van der Waals surface area contributed by atoms with Crippen LogP contribution in [-0.4, -0.2) is 59.0 Å². The van der Waals surface area contributed by atoms with Crippen molar-refractivity contribution in [1.82, 2.24) is 9.88 Å². The van der Waals surface area contributed by atoms with Crippen molar-refractivity contribution in [3.8, 4) is 16.9 Å². The Bertz CT molecular complexity index is 1370. The van der Waals surface area contributed by atoms with Crippen molar-refractivity contribution in [3.05, 3.63) is 82.6 Å². The van der Waals surface area contributed by atoms with Crippen molar-refractivity contribution >= 4 is 23.7 Å². The minimum atomic E-state index is -0.947.